The Labute approximate surface area is 129 Å². The first kappa shape index (κ1) is 13.3. The molecule has 2 heterocycles. The van der Waals surface area contributed by atoms with E-state index < -0.39 is 17.8 Å². The van der Waals surface area contributed by atoms with Crippen molar-refractivity contribution in [2.45, 2.75) is 0 Å². The van der Waals surface area contributed by atoms with Gasteiger partial charge in [0.2, 0.25) is 5.76 Å². The van der Waals surface area contributed by atoms with E-state index in [1.165, 1.54) is 18.2 Å². The number of furan rings is 1. The maximum absolute atomic E-state index is 12.2. The predicted octanol–water partition coefficient (Wildman–Crippen LogP) is 2.80. The summed E-state index contributed by atoms with van der Waals surface area (Å²) in [5, 5.41) is 1.18. The van der Waals surface area contributed by atoms with Crippen LogP contribution in [-0.2, 0) is 4.84 Å². The van der Waals surface area contributed by atoms with Crippen molar-refractivity contribution in [3.05, 3.63) is 71.5 Å². The number of benzene rings is 2. The molecule has 2 aromatic carbocycles. The third-order valence-electron chi connectivity index (χ3n) is 3.56. The molecular weight excluding hydrogens is 298 g/mol. The fourth-order valence-corrected chi connectivity index (χ4v) is 2.46. The van der Waals surface area contributed by atoms with Crippen LogP contribution in [0.3, 0.4) is 0 Å². The van der Waals surface area contributed by atoms with Crippen LogP contribution in [-0.4, -0.2) is 22.8 Å². The first-order chi connectivity index (χ1) is 11.1. The number of hydrogen-bond acceptors (Lipinski definition) is 5. The number of rotatable bonds is 2. The zero-order valence-electron chi connectivity index (χ0n) is 11.7. The van der Waals surface area contributed by atoms with Crippen molar-refractivity contribution in [2.24, 2.45) is 0 Å². The number of fused-ring (bicyclic) bond motifs is 2. The Bertz CT molecular complexity index is 904. The van der Waals surface area contributed by atoms with Gasteiger partial charge in [-0.05, 0) is 24.3 Å². The lowest BCUT2D eigenvalue weighted by Gasteiger charge is -2.11. The van der Waals surface area contributed by atoms with E-state index in [2.05, 4.69) is 0 Å². The number of para-hydroxylation sites is 1. The molecule has 0 atom stereocenters. The molecule has 0 N–H and O–H groups in total. The first-order valence-electron chi connectivity index (χ1n) is 6.84. The van der Waals surface area contributed by atoms with Crippen LogP contribution < -0.4 is 0 Å². The number of carbonyl (C=O) groups is 3. The quantitative estimate of drug-likeness (QED) is 0.680. The molecule has 0 unspecified atom stereocenters. The Morgan fingerprint density at radius 3 is 2.17 bits per heavy atom. The number of carbonyl (C=O) groups excluding carboxylic acids is 3. The SMILES string of the molecule is O=C(ON1C(=O)c2ccccc2C1=O)c1cc2ccccc2o1. The third-order valence-corrected chi connectivity index (χ3v) is 3.56. The van der Waals surface area contributed by atoms with E-state index in [4.69, 9.17) is 9.25 Å². The number of amides is 2. The molecule has 6 heteroatoms. The summed E-state index contributed by atoms with van der Waals surface area (Å²) in [6, 6.07) is 14.8. The lowest BCUT2D eigenvalue weighted by atomic mass is 10.1. The summed E-state index contributed by atoms with van der Waals surface area (Å²) in [5.41, 5.74) is 0.923. The second-order valence-corrected chi connectivity index (χ2v) is 4.98. The van der Waals surface area contributed by atoms with Crippen molar-refractivity contribution in [3.63, 3.8) is 0 Å². The number of imide groups is 1. The van der Waals surface area contributed by atoms with Crippen LogP contribution >= 0.6 is 0 Å². The average molecular weight is 307 g/mol. The monoisotopic (exact) mass is 307 g/mol. The maximum Gasteiger partial charge on any atom is 0.399 e. The van der Waals surface area contributed by atoms with Gasteiger partial charge in [0.15, 0.2) is 0 Å². The first-order valence-corrected chi connectivity index (χ1v) is 6.84. The minimum Gasteiger partial charge on any atom is -0.449 e. The largest absolute Gasteiger partial charge is 0.449 e. The van der Waals surface area contributed by atoms with E-state index in [9.17, 15) is 14.4 Å². The van der Waals surface area contributed by atoms with Crippen LogP contribution in [0, 0.1) is 0 Å². The summed E-state index contributed by atoms with van der Waals surface area (Å²) in [6.07, 6.45) is 0. The average Bonchev–Trinajstić information content (AvgIpc) is 3.11. The Morgan fingerprint density at radius 2 is 1.52 bits per heavy atom. The van der Waals surface area contributed by atoms with Gasteiger partial charge in [-0.25, -0.2) is 4.79 Å². The van der Waals surface area contributed by atoms with Crippen molar-refractivity contribution in [1.29, 1.82) is 0 Å². The minimum atomic E-state index is -0.907. The van der Waals surface area contributed by atoms with Gasteiger partial charge in [-0.15, -0.1) is 0 Å². The van der Waals surface area contributed by atoms with Crippen LogP contribution in [0.5, 0.6) is 0 Å². The van der Waals surface area contributed by atoms with Crippen molar-refractivity contribution >= 4 is 28.8 Å². The minimum absolute atomic E-state index is 0.0808. The van der Waals surface area contributed by atoms with E-state index in [1.807, 2.05) is 0 Å². The fourth-order valence-electron chi connectivity index (χ4n) is 2.46. The van der Waals surface area contributed by atoms with Gasteiger partial charge in [-0.1, -0.05) is 35.4 Å². The lowest BCUT2D eigenvalue weighted by molar-refractivity contribution is -0.0602. The fraction of sp³-hybridized carbons (Fsp3) is 0. The summed E-state index contributed by atoms with van der Waals surface area (Å²) in [5.74, 6) is -2.33. The topological polar surface area (TPSA) is 76.8 Å². The molecule has 6 nitrogen and oxygen atoms in total. The van der Waals surface area contributed by atoms with Crippen molar-refractivity contribution < 1.29 is 23.6 Å². The van der Waals surface area contributed by atoms with Crippen LogP contribution in [0.4, 0.5) is 0 Å². The standard InChI is InChI=1S/C17H9NO5/c19-15-11-6-2-3-7-12(11)16(20)18(15)23-17(21)14-9-10-5-1-4-8-13(10)22-14/h1-9H. The van der Waals surface area contributed by atoms with Crippen LogP contribution in [0.1, 0.15) is 31.3 Å². The zero-order chi connectivity index (χ0) is 16.0. The van der Waals surface area contributed by atoms with Crippen molar-refractivity contribution in [3.8, 4) is 0 Å². The Hall–Kier alpha value is -3.41. The zero-order valence-corrected chi connectivity index (χ0v) is 11.7. The lowest BCUT2D eigenvalue weighted by Crippen LogP contribution is -2.32. The maximum atomic E-state index is 12.2. The molecule has 0 saturated carbocycles. The van der Waals surface area contributed by atoms with Crippen LogP contribution in [0.2, 0.25) is 0 Å². The smallest absolute Gasteiger partial charge is 0.399 e. The molecule has 112 valence electrons. The number of nitrogens with zero attached hydrogens (tertiary/aromatic N) is 1. The Balaban J connectivity index is 1.62. The summed E-state index contributed by atoms with van der Waals surface area (Å²) in [6.45, 7) is 0. The van der Waals surface area contributed by atoms with Gasteiger partial charge in [0.1, 0.15) is 5.58 Å². The Morgan fingerprint density at radius 1 is 0.913 bits per heavy atom. The molecule has 0 spiro atoms. The predicted molar refractivity (Wildman–Crippen MR) is 78.6 cm³/mol. The molecular formula is C17H9NO5. The molecule has 0 aliphatic carbocycles. The molecule has 0 fully saturated rings. The number of hydrogen-bond donors (Lipinski definition) is 0. The second-order valence-electron chi connectivity index (χ2n) is 4.98. The highest BCUT2D eigenvalue weighted by Gasteiger charge is 2.39. The van der Waals surface area contributed by atoms with Gasteiger partial charge in [0, 0.05) is 5.39 Å². The van der Waals surface area contributed by atoms with Gasteiger partial charge < -0.3 is 9.25 Å². The third kappa shape index (κ3) is 2.00. The van der Waals surface area contributed by atoms with Gasteiger partial charge in [-0.3, -0.25) is 9.59 Å². The van der Waals surface area contributed by atoms with E-state index >= 15 is 0 Å². The highest BCUT2D eigenvalue weighted by atomic mass is 16.7. The summed E-state index contributed by atoms with van der Waals surface area (Å²) < 4.78 is 5.36. The van der Waals surface area contributed by atoms with Gasteiger partial charge in [0.25, 0.3) is 11.8 Å². The van der Waals surface area contributed by atoms with Crippen molar-refractivity contribution in [2.75, 3.05) is 0 Å². The molecule has 3 aromatic rings. The molecule has 1 aromatic heterocycles. The summed E-state index contributed by atoms with van der Waals surface area (Å²) in [4.78, 5) is 41.4. The van der Waals surface area contributed by atoms with Gasteiger partial charge in [-0.2, -0.15) is 0 Å². The van der Waals surface area contributed by atoms with E-state index in [0.717, 1.165) is 5.39 Å². The van der Waals surface area contributed by atoms with Gasteiger partial charge >= 0.3 is 5.97 Å². The van der Waals surface area contributed by atoms with E-state index in [0.29, 0.717) is 10.6 Å². The van der Waals surface area contributed by atoms with Crippen LogP contribution in [0.25, 0.3) is 11.0 Å². The molecule has 2 amide bonds. The molecule has 23 heavy (non-hydrogen) atoms. The molecule has 0 radical (unpaired) electrons. The molecule has 0 bridgehead atoms. The molecule has 1 aliphatic heterocycles. The molecule has 4 rings (SSSR count). The normalized spacial score (nSPS) is 13.5. The highest BCUT2D eigenvalue weighted by molar-refractivity contribution is 6.21. The second kappa shape index (κ2) is 4.81. The molecule has 1 aliphatic rings. The van der Waals surface area contributed by atoms with Crippen LogP contribution in [0.15, 0.2) is 59.0 Å². The highest BCUT2D eigenvalue weighted by Crippen LogP contribution is 2.24. The number of hydroxylamine groups is 2. The summed E-state index contributed by atoms with van der Waals surface area (Å²) in [7, 11) is 0. The van der Waals surface area contributed by atoms with E-state index in [-0.39, 0.29) is 16.9 Å². The van der Waals surface area contributed by atoms with Crippen molar-refractivity contribution in [1.82, 2.24) is 5.06 Å². The van der Waals surface area contributed by atoms with Gasteiger partial charge in [0.05, 0.1) is 11.1 Å². The summed E-state index contributed by atoms with van der Waals surface area (Å²) >= 11 is 0. The molecule has 0 saturated heterocycles. The van der Waals surface area contributed by atoms with E-state index in [1.54, 1.807) is 36.4 Å². The Kier molecular flexibility index (Phi) is 2.77.